The number of hydrogen-bond donors (Lipinski definition) is 0. The van der Waals surface area contributed by atoms with Gasteiger partial charge in [0.2, 0.25) is 0 Å². The fraction of sp³-hybridized carbons (Fsp3) is 0.250. The van der Waals surface area contributed by atoms with E-state index in [1.165, 1.54) is 0 Å². The lowest BCUT2D eigenvalue weighted by Crippen LogP contribution is -1.98. The fourth-order valence-corrected chi connectivity index (χ4v) is 1.97. The normalized spacial score (nSPS) is 11.1. The van der Waals surface area contributed by atoms with E-state index < -0.39 is 0 Å². The molecular formula is C12H13N5. The summed E-state index contributed by atoms with van der Waals surface area (Å²) in [5.74, 6) is 0.882. The highest BCUT2D eigenvalue weighted by atomic mass is 15.3. The maximum atomic E-state index is 4.31. The lowest BCUT2D eigenvalue weighted by atomic mass is 10.2. The highest BCUT2D eigenvalue weighted by molar-refractivity contribution is 5.75. The average molecular weight is 227 g/mol. The summed E-state index contributed by atoms with van der Waals surface area (Å²) in [6.07, 6.45) is 6.60. The zero-order chi connectivity index (χ0) is 11.7. The number of hydrogen-bond acceptors (Lipinski definition) is 3. The first-order valence-corrected chi connectivity index (χ1v) is 5.70. The molecule has 5 nitrogen and oxygen atoms in total. The van der Waals surface area contributed by atoms with Crippen molar-refractivity contribution in [1.29, 1.82) is 0 Å². The quantitative estimate of drug-likeness (QED) is 0.687. The smallest absolute Gasteiger partial charge is 0.167 e. The summed E-state index contributed by atoms with van der Waals surface area (Å²) in [7, 11) is 0. The topological polar surface area (TPSA) is 48.0 Å². The molecule has 3 aromatic rings. The average Bonchev–Trinajstić information content (AvgIpc) is 2.95. The molecule has 0 aromatic carbocycles. The Kier molecular flexibility index (Phi) is 2.36. The third kappa shape index (κ3) is 1.60. The van der Waals surface area contributed by atoms with Gasteiger partial charge in [0.05, 0.1) is 17.3 Å². The minimum absolute atomic E-state index is 0.882. The second-order valence-corrected chi connectivity index (χ2v) is 3.94. The van der Waals surface area contributed by atoms with Crippen LogP contribution >= 0.6 is 0 Å². The van der Waals surface area contributed by atoms with Gasteiger partial charge in [-0.2, -0.15) is 5.10 Å². The Morgan fingerprint density at radius 2 is 2.24 bits per heavy atom. The Morgan fingerprint density at radius 3 is 3.12 bits per heavy atom. The molecule has 3 rings (SSSR count). The van der Waals surface area contributed by atoms with Gasteiger partial charge in [-0.25, -0.2) is 4.52 Å². The van der Waals surface area contributed by atoms with Crippen LogP contribution in [-0.4, -0.2) is 24.4 Å². The van der Waals surface area contributed by atoms with Crippen LogP contribution in [0, 0.1) is 0 Å². The van der Waals surface area contributed by atoms with Gasteiger partial charge in [0, 0.05) is 12.7 Å². The molecule has 0 radical (unpaired) electrons. The van der Waals surface area contributed by atoms with E-state index in [4.69, 9.17) is 0 Å². The zero-order valence-electron chi connectivity index (χ0n) is 9.61. The van der Waals surface area contributed by atoms with Crippen molar-refractivity contribution in [3.05, 3.63) is 36.9 Å². The summed E-state index contributed by atoms with van der Waals surface area (Å²) < 4.78 is 3.91. The van der Waals surface area contributed by atoms with E-state index in [0.29, 0.717) is 0 Å². The summed E-state index contributed by atoms with van der Waals surface area (Å²) >= 11 is 0. The molecule has 17 heavy (non-hydrogen) atoms. The van der Waals surface area contributed by atoms with E-state index in [9.17, 15) is 0 Å². The molecule has 0 aliphatic carbocycles. The van der Waals surface area contributed by atoms with Gasteiger partial charge < -0.3 is 4.57 Å². The van der Waals surface area contributed by atoms with Crippen molar-refractivity contribution in [3.8, 4) is 11.4 Å². The van der Waals surface area contributed by atoms with Crippen LogP contribution in [0.5, 0.6) is 0 Å². The summed E-state index contributed by atoms with van der Waals surface area (Å²) in [5.41, 5.74) is 2.08. The van der Waals surface area contributed by atoms with E-state index in [1.807, 2.05) is 35.1 Å². The lowest BCUT2D eigenvalue weighted by molar-refractivity contribution is 0.683. The third-order valence-corrected chi connectivity index (χ3v) is 2.75. The standard InChI is InChI=1S/C12H13N5/c1-2-6-16-9-13-15-12(16)10-8-14-17-7-4-3-5-11(10)17/h3-5,7-9H,2,6H2,1H3. The molecular weight excluding hydrogens is 214 g/mol. The molecule has 0 saturated heterocycles. The van der Waals surface area contributed by atoms with Gasteiger partial charge in [-0.1, -0.05) is 13.0 Å². The van der Waals surface area contributed by atoms with Crippen LogP contribution in [-0.2, 0) is 6.54 Å². The van der Waals surface area contributed by atoms with Crippen molar-refractivity contribution in [2.75, 3.05) is 0 Å². The maximum Gasteiger partial charge on any atom is 0.167 e. The van der Waals surface area contributed by atoms with Crippen molar-refractivity contribution in [2.24, 2.45) is 0 Å². The molecule has 0 spiro atoms. The van der Waals surface area contributed by atoms with Crippen LogP contribution in [0.1, 0.15) is 13.3 Å². The van der Waals surface area contributed by atoms with Gasteiger partial charge in [-0.3, -0.25) is 0 Å². The zero-order valence-corrected chi connectivity index (χ0v) is 9.61. The van der Waals surface area contributed by atoms with Gasteiger partial charge >= 0.3 is 0 Å². The second kappa shape index (κ2) is 4.01. The van der Waals surface area contributed by atoms with E-state index in [0.717, 1.165) is 29.9 Å². The molecule has 3 heterocycles. The van der Waals surface area contributed by atoms with Gasteiger partial charge in [0.1, 0.15) is 6.33 Å². The van der Waals surface area contributed by atoms with E-state index in [1.54, 1.807) is 6.33 Å². The van der Waals surface area contributed by atoms with Crippen LogP contribution < -0.4 is 0 Å². The molecule has 0 atom stereocenters. The number of aromatic nitrogens is 5. The van der Waals surface area contributed by atoms with Crippen LogP contribution in [0.3, 0.4) is 0 Å². The molecule has 3 aromatic heterocycles. The van der Waals surface area contributed by atoms with E-state index in [-0.39, 0.29) is 0 Å². The highest BCUT2D eigenvalue weighted by Gasteiger charge is 2.11. The number of aryl methyl sites for hydroxylation is 1. The summed E-state index contributed by atoms with van der Waals surface area (Å²) in [4.78, 5) is 0. The molecule has 0 N–H and O–H groups in total. The Balaban J connectivity index is 2.17. The Bertz CT molecular complexity index is 637. The molecule has 0 amide bonds. The molecule has 86 valence electrons. The Hall–Kier alpha value is -2.17. The monoisotopic (exact) mass is 227 g/mol. The van der Waals surface area contributed by atoms with E-state index >= 15 is 0 Å². The molecule has 5 heteroatoms. The number of nitrogens with zero attached hydrogens (tertiary/aromatic N) is 5. The van der Waals surface area contributed by atoms with Crippen molar-refractivity contribution in [3.63, 3.8) is 0 Å². The predicted molar refractivity (Wildman–Crippen MR) is 64.5 cm³/mol. The molecule has 0 fully saturated rings. The minimum atomic E-state index is 0.882. The lowest BCUT2D eigenvalue weighted by Gasteiger charge is -2.02. The van der Waals surface area contributed by atoms with Crippen molar-refractivity contribution in [1.82, 2.24) is 24.4 Å². The molecule has 0 aliphatic rings. The number of fused-ring (bicyclic) bond motifs is 1. The van der Waals surface area contributed by atoms with Gasteiger partial charge in [-0.15, -0.1) is 10.2 Å². The van der Waals surface area contributed by atoms with Crippen molar-refractivity contribution in [2.45, 2.75) is 19.9 Å². The van der Waals surface area contributed by atoms with Crippen LogP contribution in [0.25, 0.3) is 16.9 Å². The summed E-state index contributed by atoms with van der Waals surface area (Å²) in [5, 5.41) is 12.5. The Labute approximate surface area is 98.7 Å². The van der Waals surface area contributed by atoms with Crippen molar-refractivity contribution < 1.29 is 0 Å². The molecule has 0 bridgehead atoms. The first-order chi connectivity index (χ1) is 8.40. The predicted octanol–water partition coefficient (Wildman–Crippen LogP) is 2.00. The summed E-state index contributed by atoms with van der Waals surface area (Å²) in [6.45, 7) is 3.06. The van der Waals surface area contributed by atoms with Gasteiger partial charge in [-0.05, 0) is 18.6 Å². The molecule has 0 unspecified atom stereocenters. The van der Waals surface area contributed by atoms with E-state index in [2.05, 4.69) is 26.8 Å². The van der Waals surface area contributed by atoms with Gasteiger partial charge in [0.15, 0.2) is 5.82 Å². The first-order valence-electron chi connectivity index (χ1n) is 5.70. The molecule has 0 saturated carbocycles. The van der Waals surface area contributed by atoms with Gasteiger partial charge in [0.25, 0.3) is 0 Å². The number of pyridine rings is 1. The SMILES string of the molecule is CCCn1cnnc1-c1cnn2ccccc12. The largest absolute Gasteiger partial charge is 0.314 e. The maximum absolute atomic E-state index is 4.31. The summed E-state index contributed by atoms with van der Waals surface area (Å²) in [6, 6.07) is 5.99. The minimum Gasteiger partial charge on any atom is -0.314 e. The van der Waals surface area contributed by atoms with Crippen LogP contribution in [0.2, 0.25) is 0 Å². The van der Waals surface area contributed by atoms with Crippen LogP contribution in [0.4, 0.5) is 0 Å². The number of rotatable bonds is 3. The molecule has 0 aliphatic heterocycles. The highest BCUT2D eigenvalue weighted by Crippen LogP contribution is 2.22. The third-order valence-electron chi connectivity index (χ3n) is 2.75. The van der Waals surface area contributed by atoms with Crippen LogP contribution in [0.15, 0.2) is 36.9 Å². The van der Waals surface area contributed by atoms with Crippen molar-refractivity contribution >= 4 is 5.52 Å². The fourth-order valence-electron chi connectivity index (χ4n) is 1.97. The first kappa shape index (κ1) is 10.0. The Morgan fingerprint density at radius 1 is 1.29 bits per heavy atom. The second-order valence-electron chi connectivity index (χ2n) is 3.94.